The fraction of sp³-hybridized carbons (Fsp3) is 0. The third kappa shape index (κ3) is 2.80. The van der Waals surface area contributed by atoms with E-state index < -0.39 is 5.83 Å². The highest BCUT2D eigenvalue weighted by Crippen LogP contribution is 2.09. The zero-order chi connectivity index (χ0) is 8.27. The van der Waals surface area contributed by atoms with Crippen LogP contribution in [0.3, 0.4) is 0 Å². The van der Waals surface area contributed by atoms with Crippen molar-refractivity contribution in [3.05, 3.63) is 41.2 Å². The maximum Gasteiger partial charge on any atom is 0.106 e. The first-order chi connectivity index (χ1) is 5.18. The lowest BCUT2D eigenvalue weighted by molar-refractivity contribution is 0.673. The second kappa shape index (κ2) is 3.62. The van der Waals surface area contributed by atoms with Crippen LogP contribution in [-0.4, -0.2) is 4.98 Å². The van der Waals surface area contributed by atoms with E-state index in [2.05, 4.69) is 27.8 Å². The lowest BCUT2D eigenvalue weighted by Crippen LogP contribution is -1.76. The van der Waals surface area contributed by atoms with Gasteiger partial charge < -0.3 is 0 Å². The molecule has 0 aliphatic carbocycles. The van der Waals surface area contributed by atoms with Gasteiger partial charge in [-0.2, -0.15) is 0 Å². The third-order valence-electron chi connectivity index (χ3n) is 1.07. The molecule has 0 fully saturated rings. The second-order valence-corrected chi connectivity index (χ2v) is 2.82. The topological polar surface area (TPSA) is 12.9 Å². The SMILES string of the molecule is [CH2]/C(F)=C/c1ccc(Br)nc1. The monoisotopic (exact) mass is 214 g/mol. The number of nitrogens with zero attached hydrogens (tertiary/aromatic N) is 1. The number of aromatic nitrogens is 1. The molecule has 3 heteroatoms. The van der Waals surface area contributed by atoms with Gasteiger partial charge in [-0.05, 0) is 33.6 Å². The van der Waals surface area contributed by atoms with E-state index in [0.717, 1.165) is 4.60 Å². The van der Waals surface area contributed by atoms with Gasteiger partial charge in [0.25, 0.3) is 0 Å². The van der Waals surface area contributed by atoms with Gasteiger partial charge in [0.15, 0.2) is 0 Å². The number of allylic oxidation sites excluding steroid dienone is 1. The predicted molar refractivity (Wildman–Crippen MR) is 46.4 cm³/mol. The van der Waals surface area contributed by atoms with Crippen molar-refractivity contribution in [1.29, 1.82) is 0 Å². The van der Waals surface area contributed by atoms with Crippen LogP contribution >= 0.6 is 15.9 Å². The lowest BCUT2D eigenvalue weighted by Gasteiger charge is -1.91. The minimum Gasteiger partial charge on any atom is -0.249 e. The Kier molecular flexibility index (Phi) is 2.76. The Bertz CT molecular complexity index is 262. The Labute approximate surface area is 73.1 Å². The van der Waals surface area contributed by atoms with Crippen LogP contribution in [0.15, 0.2) is 28.8 Å². The zero-order valence-corrected chi connectivity index (χ0v) is 7.31. The number of hydrogen-bond acceptors (Lipinski definition) is 1. The highest BCUT2D eigenvalue weighted by molar-refractivity contribution is 9.10. The Morgan fingerprint density at radius 1 is 1.64 bits per heavy atom. The summed E-state index contributed by atoms with van der Waals surface area (Å²) in [6.45, 7) is 3.11. The molecule has 0 bridgehead atoms. The standard InChI is InChI=1S/C8H6BrFN/c1-6(10)4-7-2-3-8(9)11-5-7/h2-5H,1H2/b6-4-. The molecule has 0 aromatic carbocycles. The summed E-state index contributed by atoms with van der Waals surface area (Å²) in [7, 11) is 0. The molecule has 0 atom stereocenters. The van der Waals surface area contributed by atoms with Crippen molar-refractivity contribution < 1.29 is 4.39 Å². The van der Waals surface area contributed by atoms with Crippen LogP contribution in [0.5, 0.6) is 0 Å². The Balaban J connectivity index is 2.91. The summed E-state index contributed by atoms with van der Waals surface area (Å²) in [5.41, 5.74) is 0.709. The first kappa shape index (κ1) is 8.40. The van der Waals surface area contributed by atoms with Crippen molar-refractivity contribution in [2.75, 3.05) is 0 Å². The van der Waals surface area contributed by atoms with E-state index in [1.54, 1.807) is 18.3 Å². The van der Waals surface area contributed by atoms with Crippen LogP contribution < -0.4 is 0 Å². The summed E-state index contributed by atoms with van der Waals surface area (Å²) < 4.78 is 12.9. The largest absolute Gasteiger partial charge is 0.249 e. The van der Waals surface area contributed by atoms with E-state index in [0.29, 0.717) is 5.56 Å². The Morgan fingerprint density at radius 2 is 2.36 bits per heavy atom. The summed E-state index contributed by atoms with van der Waals surface area (Å²) in [6.07, 6.45) is 2.88. The fourth-order valence-electron chi connectivity index (χ4n) is 0.653. The summed E-state index contributed by atoms with van der Waals surface area (Å²) in [4.78, 5) is 3.91. The highest BCUT2D eigenvalue weighted by Gasteiger charge is 1.90. The third-order valence-corrected chi connectivity index (χ3v) is 1.54. The molecule has 0 aliphatic rings. The van der Waals surface area contributed by atoms with Gasteiger partial charge >= 0.3 is 0 Å². The molecule has 57 valence electrons. The molecule has 0 aliphatic heterocycles. The molecule has 1 aromatic rings. The van der Waals surface area contributed by atoms with Crippen molar-refractivity contribution in [2.45, 2.75) is 0 Å². The van der Waals surface area contributed by atoms with Crippen LogP contribution in [0.1, 0.15) is 5.56 Å². The van der Waals surface area contributed by atoms with E-state index in [-0.39, 0.29) is 0 Å². The van der Waals surface area contributed by atoms with Gasteiger partial charge in [-0.1, -0.05) is 6.07 Å². The molecule has 1 radical (unpaired) electrons. The number of pyridine rings is 1. The van der Waals surface area contributed by atoms with E-state index in [1.165, 1.54) is 6.08 Å². The predicted octanol–water partition coefficient (Wildman–Crippen LogP) is 2.99. The molecular weight excluding hydrogens is 209 g/mol. The molecular formula is C8H6BrFN. The molecule has 0 amide bonds. The van der Waals surface area contributed by atoms with Gasteiger partial charge in [0.1, 0.15) is 10.4 Å². The zero-order valence-electron chi connectivity index (χ0n) is 5.72. The van der Waals surface area contributed by atoms with E-state index >= 15 is 0 Å². The Morgan fingerprint density at radius 3 is 2.82 bits per heavy atom. The van der Waals surface area contributed by atoms with E-state index in [1.807, 2.05) is 0 Å². The smallest absolute Gasteiger partial charge is 0.106 e. The van der Waals surface area contributed by atoms with Crippen LogP contribution in [-0.2, 0) is 0 Å². The maximum absolute atomic E-state index is 12.2. The average molecular weight is 215 g/mol. The summed E-state index contributed by atoms with van der Waals surface area (Å²) >= 11 is 3.17. The van der Waals surface area contributed by atoms with E-state index in [9.17, 15) is 4.39 Å². The second-order valence-electron chi connectivity index (χ2n) is 2.01. The molecule has 11 heavy (non-hydrogen) atoms. The first-order valence-electron chi connectivity index (χ1n) is 2.99. The molecule has 1 rings (SSSR count). The minimum atomic E-state index is -0.464. The van der Waals surface area contributed by atoms with Crippen molar-refractivity contribution in [3.63, 3.8) is 0 Å². The van der Waals surface area contributed by atoms with Gasteiger partial charge in [0.2, 0.25) is 0 Å². The molecule has 0 saturated heterocycles. The quantitative estimate of drug-likeness (QED) is 0.656. The molecule has 1 nitrogen and oxygen atoms in total. The van der Waals surface area contributed by atoms with Crippen molar-refractivity contribution in [2.24, 2.45) is 0 Å². The van der Waals surface area contributed by atoms with Crippen molar-refractivity contribution >= 4 is 22.0 Å². The maximum atomic E-state index is 12.2. The molecule has 0 saturated carbocycles. The van der Waals surface area contributed by atoms with Crippen molar-refractivity contribution in [3.8, 4) is 0 Å². The molecule has 1 heterocycles. The van der Waals surface area contributed by atoms with E-state index in [4.69, 9.17) is 0 Å². The molecule has 0 unspecified atom stereocenters. The van der Waals surface area contributed by atoms with Gasteiger partial charge in [-0.25, -0.2) is 9.37 Å². The average Bonchev–Trinajstić information content (AvgIpc) is 1.93. The number of hydrogen-bond donors (Lipinski definition) is 0. The normalized spacial score (nSPS) is 11.7. The van der Waals surface area contributed by atoms with Crippen LogP contribution in [0.4, 0.5) is 4.39 Å². The van der Waals surface area contributed by atoms with Gasteiger partial charge in [-0.3, -0.25) is 0 Å². The van der Waals surface area contributed by atoms with Crippen LogP contribution in [0, 0.1) is 6.92 Å². The highest BCUT2D eigenvalue weighted by atomic mass is 79.9. The van der Waals surface area contributed by atoms with Crippen LogP contribution in [0.25, 0.3) is 6.08 Å². The van der Waals surface area contributed by atoms with Gasteiger partial charge in [0.05, 0.1) is 0 Å². The lowest BCUT2D eigenvalue weighted by atomic mass is 10.2. The summed E-state index contributed by atoms with van der Waals surface area (Å²) in [6, 6.07) is 3.50. The fourth-order valence-corrected chi connectivity index (χ4v) is 0.888. The number of rotatable bonds is 1. The summed E-state index contributed by atoms with van der Waals surface area (Å²) in [5, 5.41) is 0. The molecule has 1 aromatic heterocycles. The molecule has 0 spiro atoms. The first-order valence-corrected chi connectivity index (χ1v) is 3.78. The summed E-state index contributed by atoms with van der Waals surface area (Å²) in [5.74, 6) is -0.464. The van der Waals surface area contributed by atoms with Crippen LogP contribution in [0.2, 0.25) is 0 Å². The minimum absolute atomic E-state index is 0.464. The Hall–Kier alpha value is -0.700. The molecule has 0 N–H and O–H groups in total. The van der Waals surface area contributed by atoms with Crippen molar-refractivity contribution in [1.82, 2.24) is 4.98 Å². The van der Waals surface area contributed by atoms with Gasteiger partial charge in [-0.15, -0.1) is 0 Å². The van der Waals surface area contributed by atoms with Gasteiger partial charge in [0, 0.05) is 13.1 Å². The number of halogens is 2.